The number of furan rings is 1. The summed E-state index contributed by atoms with van der Waals surface area (Å²) in [6.07, 6.45) is -1.49. The Morgan fingerprint density at radius 2 is 2.04 bits per heavy atom. The fourth-order valence-electron chi connectivity index (χ4n) is 2.54. The lowest BCUT2D eigenvalue weighted by Gasteiger charge is -2.08. The van der Waals surface area contributed by atoms with Crippen LogP contribution in [-0.2, 0) is 19.1 Å². The molecule has 0 bridgehead atoms. The van der Waals surface area contributed by atoms with E-state index >= 15 is 0 Å². The summed E-state index contributed by atoms with van der Waals surface area (Å²) in [5.74, 6) is 1.43. The quantitative estimate of drug-likeness (QED) is 0.781. The Labute approximate surface area is 130 Å². The number of halogens is 3. The van der Waals surface area contributed by atoms with Crippen LogP contribution < -0.4 is 5.73 Å². The summed E-state index contributed by atoms with van der Waals surface area (Å²) in [6.45, 7) is 0.923. The normalized spacial score (nSPS) is 12.2. The molecule has 0 aliphatic rings. The molecule has 4 nitrogen and oxygen atoms in total. The van der Waals surface area contributed by atoms with Gasteiger partial charge in [-0.2, -0.15) is 13.2 Å². The monoisotopic (exact) mass is 323 g/mol. The van der Waals surface area contributed by atoms with Gasteiger partial charge in [-0.15, -0.1) is 0 Å². The van der Waals surface area contributed by atoms with Gasteiger partial charge in [-0.25, -0.2) is 4.98 Å². The number of hydrogen-bond acceptors (Lipinski definition) is 3. The van der Waals surface area contributed by atoms with Crippen LogP contribution in [0.1, 0.15) is 23.6 Å². The Hall–Kier alpha value is -2.28. The summed E-state index contributed by atoms with van der Waals surface area (Å²) >= 11 is 0. The number of nitrogens with zero attached hydrogens (tertiary/aromatic N) is 2. The van der Waals surface area contributed by atoms with Gasteiger partial charge in [-0.1, -0.05) is 0 Å². The highest BCUT2D eigenvalue weighted by molar-refractivity contribution is 5.77. The molecule has 0 saturated heterocycles. The van der Waals surface area contributed by atoms with Crippen molar-refractivity contribution in [3.8, 4) is 0 Å². The van der Waals surface area contributed by atoms with E-state index in [1.165, 1.54) is 6.07 Å². The molecule has 2 aromatic heterocycles. The number of imidazole rings is 1. The van der Waals surface area contributed by atoms with E-state index in [0.29, 0.717) is 42.8 Å². The molecule has 0 aliphatic heterocycles. The zero-order valence-electron chi connectivity index (χ0n) is 12.3. The molecule has 0 radical (unpaired) electrons. The Bertz CT molecular complexity index is 791. The highest BCUT2D eigenvalue weighted by Crippen LogP contribution is 2.31. The van der Waals surface area contributed by atoms with Crippen molar-refractivity contribution in [2.45, 2.75) is 25.6 Å². The third-order valence-electron chi connectivity index (χ3n) is 3.65. The SMILES string of the molecule is NCCCc1nc2cc(C(F)(F)F)ccc2n1Cc1ccco1. The maximum atomic E-state index is 12.9. The smallest absolute Gasteiger partial charge is 0.416 e. The van der Waals surface area contributed by atoms with E-state index in [0.717, 1.165) is 17.9 Å². The molecule has 2 N–H and O–H groups in total. The summed E-state index contributed by atoms with van der Waals surface area (Å²) < 4.78 is 45.8. The lowest BCUT2D eigenvalue weighted by Crippen LogP contribution is -2.08. The maximum absolute atomic E-state index is 12.9. The van der Waals surface area contributed by atoms with Crippen LogP contribution in [0.2, 0.25) is 0 Å². The van der Waals surface area contributed by atoms with Gasteiger partial charge in [0.05, 0.1) is 29.4 Å². The lowest BCUT2D eigenvalue weighted by molar-refractivity contribution is -0.137. The number of hydrogen-bond donors (Lipinski definition) is 1. The van der Waals surface area contributed by atoms with E-state index in [-0.39, 0.29) is 0 Å². The van der Waals surface area contributed by atoms with Crippen LogP contribution in [-0.4, -0.2) is 16.1 Å². The minimum Gasteiger partial charge on any atom is -0.467 e. The van der Waals surface area contributed by atoms with Crippen molar-refractivity contribution in [1.29, 1.82) is 0 Å². The van der Waals surface area contributed by atoms with Crippen molar-refractivity contribution in [2.75, 3.05) is 6.54 Å². The molecule has 2 heterocycles. The van der Waals surface area contributed by atoms with Gasteiger partial charge in [-0.3, -0.25) is 0 Å². The van der Waals surface area contributed by atoms with Crippen LogP contribution >= 0.6 is 0 Å². The first-order valence-electron chi connectivity index (χ1n) is 7.28. The van der Waals surface area contributed by atoms with Crippen molar-refractivity contribution in [3.63, 3.8) is 0 Å². The number of aryl methyl sites for hydroxylation is 1. The first-order valence-corrected chi connectivity index (χ1v) is 7.28. The summed E-state index contributed by atoms with van der Waals surface area (Å²) in [4.78, 5) is 4.37. The van der Waals surface area contributed by atoms with E-state index in [1.54, 1.807) is 12.3 Å². The van der Waals surface area contributed by atoms with E-state index < -0.39 is 11.7 Å². The van der Waals surface area contributed by atoms with Gasteiger partial charge >= 0.3 is 6.18 Å². The molecule has 0 saturated carbocycles. The van der Waals surface area contributed by atoms with E-state index in [2.05, 4.69) is 4.98 Å². The average Bonchev–Trinajstić information content (AvgIpc) is 3.12. The number of nitrogens with two attached hydrogens (primary N) is 1. The number of fused-ring (bicyclic) bond motifs is 1. The van der Waals surface area contributed by atoms with Gasteiger partial charge in [-0.05, 0) is 43.3 Å². The summed E-state index contributed by atoms with van der Waals surface area (Å²) in [6, 6.07) is 7.22. The topological polar surface area (TPSA) is 57.0 Å². The zero-order chi connectivity index (χ0) is 16.4. The van der Waals surface area contributed by atoms with Gasteiger partial charge in [0, 0.05) is 6.42 Å². The van der Waals surface area contributed by atoms with Crippen molar-refractivity contribution in [2.24, 2.45) is 5.73 Å². The third-order valence-corrected chi connectivity index (χ3v) is 3.65. The average molecular weight is 323 g/mol. The predicted molar refractivity (Wildman–Crippen MR) is 79.9 cm³/mol. The largest absolute Gasteiger partial charge is 0.467 e. The highest BCUT2D eigenvalue weighted by atomic mass is 19.4. The summed E-state index contributed by atoms with van der Waals surface area (Å²) in [5.41, 5.74) is 5.82. The molecule has 0 amide bonds. The number of rotatable bonds is 5. The van der Waals surface area contributed by atoms with Gasteiger partial charge < -0.3 is 14.7 Å². The minimum absolute atomic E-state index is 0.332. The molecule has 0 fully saturated rings. The minimum atomic E-state index is -4.38. The standard InChI is InChI=1S/C16H16F3N3O/c17-16(18,19)11-5-6-14-13(9-11)21-15(4-1-7-20)22(14)10-12-3-2-8-23-12/h2-3,5-6,8-9H,1,4,7,10,20H2. The molecule has 23 heavy (non-hydrogen) atoms. The fourth-order valence-corrected chi connectivity index (χ4v) is 2.54. The number of aromatic nitrogens is 2. The van der Waals surface area contributed by atoms with Crippen LogP contribution in [0, 0.1) is 0 Å². The lowest BCUT2D eigenvalue weighted by atomic mass is 10.2. The molecule has 0 aliphatic carbocycles. The number of alkyl halides is 3. The molecule has 0 atom stereocenters. The van der Waals surface area contributed by atoms with Crippen LogP contribution in [0.4, 0.5) is 13.2 Å². The maximum Gasteiger partial charge on any atom is 0.416 e. The molecule has 122 valence electrons. The van der Waals surface area contributed by atoms with Gasteiger partial charge in [0.15, 0.2) is 0 Å². The van der Waals surface area contributed by atoms with Gasteiger partial charge in [0.25, 0.3) is 0 Å². The molecule has 3 rings (SSSR count). The van der Waals surface area contributed by atoms with Gasteiger partial charge in [0.1, 0.15) is 11.6 Å². The summed E-state index contributed by atoms with van der Waals surface area (Å²) in [7, 11) is 0. The first kappa shape index (κ1) is 15.6. The second-order valence-corrected chi connectivity index (χ2v) is 5.29. The van der Waals surface area contributed by atoms with Crippen LogP contribution in [0.3, 0.4) is 0 Å². The van der Waals surface area contributed by atoms with Crippen LogP contribution in [0.5, 0.6) is 0 Å². The number of benzene rings is 1. The van der Waals surface area contributed by atoms with Gasteiger partial charge in [0.2, 0.25) is 0 Å². The Kier molecular flexibility index (Phi) is 4.12. The van der Waals surface area contributed by atoms with Crippen LogP contribution in [0.15, 0.2) is 41.0 Å². The molecule has 0 spiro atoms. The van der Waals surface area contributed by atoms with Crippen molar-refractivity contribution < 1.29 is 17.6 Å². The molecule has 1 aromatic carbocycles. The first-order chi connectivity index (χ1) is 11.0. The Balaban J connectivity index is 2.06. The molecule has 3 aromatic rings. The fraction of sp³-hybridized carbons (Fsp3) is 0.312. The van der Waals surface area contributed by atoms with E-state index in [9.17, 15) is 13.2 Å². The summed E-state index contributed by atoms with van der Waals surface area (Å²) in [5, 5.41) is 0. The predicted octanol–water partition coefficient (Wildman–Crippen LogP) is 3.59. The molecular weight excluding hydrogens is 307 g/mol. The molecular formula is C16H16F3N3O. The Morgan fingerprint density at radius 3 is 2.70 bits per heavy atom. The Morgan fingerprint density at radius 1 is 1.22 bits per heavy atom. The second kappa shape index (κ2) is 6.08. The van der Waals surface area contributed by atoms with Crippen LogP contribution in [0.25, 0.3) is 11.0 Å². The van der Waals surface area contributed by atoms with E-state index in [4.69, 9.17) is 10.2 Å². The zero-order valence-corrected chi connectivity index (χ0v) is 12.3. The molecule has 0 unspecified atom stereocenters. The van der Waals surface area contributed by atoms with Crippen molar-refractivity contribution in [3.05, 3.63) is 53.7 Å². The molecule has 7 heteroatoms. The highest BCUT2D eigenvalue weighted by Gasteiger charge is 2.31. The van der Waals surface area contributed by atoms with Crippen molar-refractivity contribution in [1.82, 2.24) is 9.55 Å². The third kappa shape index (κ3) is 3.24. The van der Waals surface area contributed by atoms with Crippen molar-refractivity contribution >= 4 is 11.0 Å². The van der Waals surface area contributed by atoms with E-state index in [1.807, 2.05) is 10.6 Å². The second-order valence-electron chi connectivity index (χ2n) is 5.29.